The fourth-order valence-electron chi connectivity index (χ4n) is 11.4. The van der Waals surface area contributed by atoms with Crippen molar-refractivity contribution in [2.24, 2.45) is 70.5 Å². The van der Waals surface area contributed by atoms with Gasteiger partial charge in [-0.15, -0.1) is 34.7 Å². The molecule has 10 heterocycles. The third kappa shape index (κ3) is 20.0. The number of pyridine rings is 1. The van der Waals surface area contributed by atoms with Crippen molar-refractivity contribution in [2.75, 3.05) is 0 Å². The monoisotopic (exact) mass is 1420 g/mol. The molecule has 0 saturated heterocycles. The van der Waals surface area contributed by atoms with Crippen LogP contribution in [0.25, 0.3) is 99.2 Å². The van der Waals surface area contributed by atoms with Crippen molar-refractivity contribution in [3.63, 3.8) is 0 Å². The molecule has 0 amide bonds. The average molecular weight is 1420 g/mol. The van der Waals surface area contributed by atoms with Crippen LogP contribution >= 0.6 is 11.3 Å². The van der Waals surface area contributed by atoms with Gasteiger partial charge >= 0.3 is 0 Å². The van der Waals surface area contributed by atoms with Crippen molar-refractivity contribution in [2.45, 2.75) is 166 Å². The van der Waals surface area contributed by atoms with E-state index in [1.165, 1.54) is 42.4 Å². The zero-order valence-electron chi connectivity index (χ0n) is 68.7. The third-order valence-electron chi connectivity index (χ3n) is 16.5. The number of fused-ring (bicyclic) bond motifs is 6. The SMILES string of the molecule is CC.CC.CC.CC.CC.CC.CC.Cc1cc2oc3ccccc3c2cc1-c1n(C)nc(C)[n+]1C.Cc1cc2sc3ccccc3c2cc1-c1n(C)nc(C)[n+]1C.Cc1cncnc1-c1n(C)nc(C)[n+]1C.Cc1ncccc1-c1n(C)nc(C)[n+]1C.Cc1ncncc1-c1n(C)nc(C)[n+]1C. The number of rotatable bonds is 5. The second kappa shape index (κ2) is 41.7. The maximum atomic E-state index is 5.96. The largest absolute Gasteiger partial charge is 0.456 e. The van der Waals surface area contributed by atoms with Crippen molar-refractivity contribution in [3.05, 3.63) is 173 Å². The Morgan fingerprint density at radius 3 is 1.17 bits per heavy atom. The minimum Gasteiger partial charge on any atom is -0.456 e. The van der Waals surface area contributed by atoms with Crippen molar-refractivity contribution in [1.29, 1.82) is 0 Å². The molecule has 0 N–H and O–H groups in total. The Morgan fingerprint density at radius 2 is 0.718 bits per heavy atom. The molecule has 0 bridgehead atoms. The molecule has 0 saturated carbocycles. The molecule has 0 fully saturated rings. The topological polar surface area (TPSA) is 186 Å². The summed E-state index contributed by atoms with van der Waals surface area (Å²) in [6.07, 6.45) is 8.55. The molecule has 0 radical (unpaired) electrons. The van der Waals surface area contributed by atoms with Gasteiger partial charge < -0.3 is 4.42 Å². The Labute approximate surface area is 618 Å². The molecular formula is C81H121N20OS+5. The smallest absolute Gasteiger partial charge is 0.286 e. The second-order valence-electron chi connectivity index (χ2n) is 22.5. The van der Waals surface area contributed by atoms with Crippen LogP contribution in [0.5, 0.6) is 0 Å². The van der Waals surface area contributed by atoms with Crippen LogP contribution in [0, 0.1) is 69.2 Å². The number of furan rings is 1. The molecule has 4 aromatic carbocycles. The molecule has 14 rings (SSSR count). The molecule has 14 aromatic rings. The number of thiophene rings is 1. The van der Waals surface area contributed by atoms with Gasteiger partial charge in [0.05, 0.1) is 104 Å². The Hall–Kier alpha value is -10.1. The zero-order valence-corrected chi connectivity index (χ0v) is 69.5. The number of hydrogen-bond acceptors (Lipinski definition) is 12. The molecule has 0 aliphatic heterocycles. The first kappa shape index (κ1) is 87.1. The molecule has 0 unspecified atom stereocenters. The standard InChI is InChI=1S/C18H18N3O.C18H18N3S.C11H15N4.2C10H14N5.7C2H6/c2*1-11-9-17-15(13-7-5-6-8-16(13)22-17)10-14(11)18-20(3)12(2)19-21(18)4;1-8-10(6-5-7-12-8)11-14(3)9(2)13-15(11)4;1-7-9(5-11-6-12-7)10-14(3)8(2)13-15(10)4;1-7-5-11-6-12-9(7)10-14(3)8(2)13-15(10)4;7*1-2/h2*5-10H,1-4H3;5-7H,1-4H3;2*5-6H,1-4H3;7*1-2H3/q5*+1;;;;;;;. The summed E-state index contributed by atoms with van der Waals surface area (Å²) < 4.78 is 28.5. The van der Waals surface area contributed by atoms with Gasteiger partial charge in [-0.3, -0.25) is 4.98 Å². The second-order valence-corrected chi connectivity index (χ2v) is 23.6. The van der Waals surface area contributed by atoms with E-state index in [9.17, 15) is 0 Å². The number of nitrogens with zero attached hydrogens (tertiary/aromatic N) is 20. The van der Waals surface area contributed by atoms with Gasteiger partial charge in [0.1, 0.15) is 29.5 Å². The minimum atomic E-state index is 0.926. The van der Waals surface area contributed by atoms with Crippen LogP contribution in [0.1, 0.15) is 154 Å². The van der Waals surface area contributed by atoms with E-state index in [2.05, 4.69) is 153 Å². The first-order chi connectivity index (χ1) is 49.4. The lowest BCUT2D eigenvalue weighted by atomic mass is 10.0. The van der Waals surface area contributed by atoms with Gasteiger partial charge in [0.2, 0.25) is 0 Å². The normalized spacial score (nSPS) is 10.0. The van der Waals surface area contributed by atoms with E-state index in [1.54, 1.807) is 12.7 Å². The fraction of sp³-hybridized carbons (Fsp3) is 0.420. The van der Waals surface area contributed by atoms with Crippen LogP contribution < -0.4 is 22.8 Å². The van der Waals surface area contributed by atoms with Crippen LogP contribution in [0.15, 0.2) is 121 Å². The number of hydrogen-bond donors (Lipinski definition) is 0. The molecule has 552 valence electrons. The first-order valence-electron chi connectivity index (χ1n) is 36.2. The summed E-state index contributed by atoms with van der Waals surface area (Å²) in [5.41, 5.74) is 12.9. The van der Waals surface area contributed by atoms with Gasteiger partial charge in [0.25, 0.3) is 58.2 Å². The van der Waals surface area contributed by atoms with E-state index in [4.69, 9.17) is 4.42 Å². The van der Waals surface area contributed by atoms with Gasteiger partial charge in [-0.05, 0) is 99.8 Å². The Morgan fingerprint density at radius 1 is 0.330 bits per heavy atom. The van der Waals surface area contributed by atoms with Crippen molar-refractivity contribution < 1.29 is 27.3 Å². The van der Waals surface area contributed by atoms with E-state index in [0.29, 0.717) is 0 Å². The van der Waals surface area contributed by atoms with E-state index >= 15 is 0 Å². The van der Waals surface area contributed by atoms with Gasteiger partial charge in [0, 0.05) is 110 Å². The molecule has 0 spiro atoms. The van der Waals surface area contributed by atoms with Crippen LogP contribution in [0.2, 0.25) is 0 Å². The van der Waals surface area contributed by atoms with Gasteiger partial charge in [-0.1, -0.05) is 133 Å². The summed E-state index contributed by atoms with van der Waals surface area (Å²) in [6.45, 7) is 48.3. The van der Waals surface area contributed by atoms with Crippen LogP contribution in [0.4, 0.5) is 0 Å². The lowest BCUT2D eigenvalue weighted by Crippen LogP contribution is -2.33. The molecular weight excluding hydrogens is 1300 g/mol. The van der Waals surface area contributed by atoms with Gasteiger partial charge in [0.15, 0.2) is 0 Å². The molecule has 0 aliphatic carbocycles. The van der Waals surface area contributed by atoms with Crippen molar-refractivity contribution in [1.82, 2.24) is 73.8 Å². The maximum absolute atomic E-state index is 5.96. The van der Waals surface area contributed by atoms with Crippen LogP contribution in [-0.4, -0.2) is 73.8 Å². The average Bonchev–Trinajstić information content (AvgIpc) is 1.62. The molecule has 0 aliphatic rings. The summed E-state index contributed by atoms with van der Waals surface area (Å²) in [6, 6.07) is 29.8. The number of aryl methyl sites for hydroxylation is 15. The van der Waals surface area contributed by atoms with E-state index < -0.39 is 0 Å². The summed E-state index contributed by atoms with van der Waals surface area (Å²) in [7, 11) is 19.9. The molecule has 22 heteroatoms. The predicted octanol–water partition coefficient (Wildman–Crippen LogP) is 16.1. The highest BCUT2D eigenvalue weighted by Gasteiger charge is 2.27. The van der Waals surface area contributed by atoms with Crippen LogP contribution in [0.3, 0.4) is 0 Å². The van der Waals surface area contributed by atoms with Crippen molar-refractivity contribution >= 4 is 53.4 Å². The quantitative estimate of drug-likeness (QED) is 0.149. The third-order valence-corrected chi connectivity index (χ3v) is 17.6. The predicted molar refractivity (Wildman–Crippen MR) is 425 cm³/mol. The molecule has 0 atom stereocenters. The highest BCUT2D eigenvalue weighted by atomic mass is 32.1. The summed E-state index contributed by atoms with van der Waals surface area (Å²) in [5.74, 6) is 10.3. The maximum Gasteiger partial charge on any atom is 0.286 e. The highest BCUT2D eigenvalue weighted by Crippen LogP contribution is 2.38. The van der Waals surface area contributed by atoms with Gasteiger partial charge in [-0.25, -0.2) is 42.8 Å². The van der Waals surface area contributed by atoms with Crippen LogP contribution in [-0.2, 0) is 70.5 Å². The number of benzene rings is 4. The van der Waals surface area contributed by atoms with E-state index in [0.717, 1.165) is 114 Å². The Kier molecular flexibility index (Phi) is 35.3. The van der Waals surface area contributed by atoms with E-state index in [-0.39, 0.29) is 0 Å². The van der Waals surface area contributed by atoms with Gasteiger partial charge in [-0.2, -0.15) is 0 Å². The minimum absolute atomic E-state index is 0.926. The highest BCUT2D eigenvalue weighted by molar-refractivity contribution is 7.25. The fourth-order valence-corrected chi connectivity index (χ4v) is 12.6. The lowest BCUT2D eigenvalue weighted by molar-refractivity contribution is -0.667. The number of aromatic nitrogens is 20. The zero-order chi connectivity index (χ0) is 77.9. The lowest BCUT2D eigenvalue weighted by Gasteiger charge is -2.04. The molecule has 103 heavy (non-hydrogen) atoms. The first-order valence-corrected chi connectivity index (χ1v) is 37.1. The summed E-state index contributed by atoms with van der Waals surface area (Å²) in [4.78, 5) is 20.8. The number of para-hydroxylation sites is 1. The van der Waals surface area contributed by atoms with Crippen molar-refractivity contribution in [3.8, 4) is 57.1 Å². The Balaban J connectivity index is 0.000000323. The Bertz CT molecular complexity index is 4560. The summed E-state index contributed by atoms with van der Waals surface area (Å²) >= 11 is 1.86. The molecule has 10 aromatic heterocycles. The molecule has 21 nitrogen and oxygen atoms in total. The van der Waals surface area contributed by atoms with E-state index in [1.807, 2.05) is 295 Å². The summed E-state index contributed by atoms with van der Waals surface area (Å²) in [5, 5.41) is 27.1.